The summed E-state index contributed by atoms with van der Waals surface area (Å²) in [6.07, 6.45) is 2.04. The van der Waals surface area contributed by atoms with Crippen molar-refractivity contribution in [3.05, 3.63) is 65.2 Å². The highest BCUT2D eigenvalue weighted by molar-refractivity contribution is 6.16. The first-order valence-corrected chi connectivity index (χ1v) is 12.0. The Labute approximate surface area is 200 Å². The van der Waals surface area contributed by atoms with Crippen molar-refractivity contribution < 1.29 is 9.53 Å². The van der Waals surface area contributed by atoms with E-state index < -0.39 is 0 Å². The first kappa shape index (κ1) is 22.3. The van der Waals surface area contributed by atoms with E-state index in [-0.39, 0.29) is 11.9 Å². The fourth-order valence-electron chi connectivity index (χ4n) is 4.97. The number of nitrogens with zero attached hydrogens (tertiary/aromatic N) is 4. The average molecular weight is 458 g/mol. The summed E-state index contributed by atoms with van der Waals surface area (Å²) in [6.45, 7) is 12.5. The average Bonchev–Trinajstić information content (AvgIpc) is 3.32. The molecule has 34 heavy (non-hydrogen) atoms. The molecule has 2 aromatic carbocycles. The van der Waals surface area contributed by atoms with E-state index in [1.54, 1.807) is 4.90 Å². The Kier molecular flexibility index (Phi) is 5.96. The summed E-state index contributed by atoms with van der Waals surface area (Å²) in [5.41, 5.74) is 7.63. The van der Waals surface area contributed by atoms with Crippen molar-refractivity contribution in [1.29, 1.82) is 5.41 Å². The lowest BCUT2D eigenvalue weighted by molar-refractivity contribution is 0.0865. The summed E-state index contributed by atoms with van der Waals surface area (Å²) in [5, 5.41) is 8.51. The molecule has 0 saturated carbocycles. The van der Waals surface area contributed by atoms with Crippen LogP contribution in [0.1, 0.15) is 40.4 Å². The number of amides is 1. The predicted octanol–water partition coefficient (Wildman–Crippen LogP) is 4.11. The van der Waals surface area contributed by atoms with E-state index in [1.165, 1.54) is 11.3 Å². The van der Waals surface area contributed by atoms with Crippen LogP contribution >= 0.6 is 0 Å². The summed E-state index contributed by atoms with van der Waals surface area (Å²) in [4.78, 5) is 23.5. The zero-order valence-corrected chi connectivity index (χ0v) is 19.9. The van der Waals surface area contributed by atoms with Crippen molar-refractivity contribution in [2.24, 2.45) is 4.99 Å². The molecule has 1 saturated heterocycles. The molecule has 5 rings (SSSR count). The molecular formula is C27H31N5O2. The number of ether oxygens (including phenoxy) is 1. The van der Waals surface area contributed by atoms with E-state index in [2.05, 4.69) is 41.6 Å². The van der Waals surface area contributed by atoms with Crippen LogP contribution in [0.5, 0.6) is 0 Å². The number of benzene rings is 2. The van der Waals surface area contributed by atoms with Crippen LogP contribution in [0.2, 0.25) is 0 Å². The third kappa shape index (κ3) is 4.01. The smallest absolute Gasteiger partial charge is 0.259 e. The molecule has 0 bridgehead atoms. The van der Waals surface area contributed by atoms with E-state index >= 15 is 0 Å². The van der Waals surface area contributed by atoms with Gasteiger partial charge in [-0.1, -0.05) is 37.6 Å². The van der Waals surface area contributed by atoms with Crippen molar-refractivity contribution in [2.75, 3.05) is 49.2 Å². The number of morpholine rings is 1. The molecule has 0 atom stereocenters. The van der Waals surface area contributed by atoms with E-state index in [1.807, 2.05) is 30.0 Å². The highest BCUT2D eigenvalue weighted by Gasteiger charge is 2.33. The molecule has 0 aromatic heterocycles. The van der Waals surface area contributed by atoms with Crippen molar-refractivity contribution in [3.8, 4) is 0 Å². The lowest BCUT2D eigenvalue weighted by atomic mass is 10.0. The van der Waals surface area contributed by atoms with Gasteiger partial charge in [-0.15, -0.1) is 0 Å². The number of fused-ring (bicyclic) bond motifs is 1. The van der Waals surface area contributed by atoms with Crippen molar-refractivity contribution in [1.82, 2.24) is 4.90 Å². The maximum atomic E-state index is 13.0. The number of aryl methyl sites for hydroxylation is 2. The van der Waals surface area contributed by atoms with E-state index in [4.69, 9.17) is 10.1 Å². The number of nitrogens with one attached hydrogen (secondary N) is 1. The highest BCUT2D eigenvalue weighted by Crippen LogP contribution is 2.33. The minimum absolute atomic E-state index is 0.0449. The van der Waals surface area contributed by atoms with Gasteiger partial charge in [-0.2, -0.15) is 0 Å². The second-order valence-corrected chi connectivity index (χ2v) is 9.14. The van der Waals surface area contributed by atoms with Crippen LogP contribution in [0.25, 0.3) is 5.70 Å². The third-order valence-corrected chi connectivity index (χ3v) is 6.73. The number of carbonyl (C=O) groups is 1. The number of aliphatic imine (C=N–C) groups is 1. The fourth-order valence-corrected chi connectivity index (χ4v) is 4.97. The fraction of sp³-hybridized carbons (Fsp3) is 0.370. The van der Waals surface area contributed by atoms with Crippen LogP contribution in [0.3, 0.4) is 0 Å². The quantitative estimate of drug-likeness (QED) is 0.709. The van der Waals surface area contributed by atoms with Gasteiger partial charge >= 0.3 is 0 Å². The molecule has 0 unspecified atom stereocenters. The van der Waals surface area contributed by atoms with E-state index in [9.17, 15) is 4.79 Å². The molecule has 0 aliphatic carbocycles. The predicted molar refractivity (Wildman–Crippen MR) is 137 cm³/mol. The minimum atomic E-state index is -0.0449. The maximum Gasteiger partial charge on any atom is 0.259 e. The number of carbonyl (C=O) groups excluding carboxylic acids is 1. The Morgan fingerprint density at radius 2 is 1.91 bits per heavy atom. The van der Waals surface area contributed by atoms with Gasteiger partial charge in [-0.3, -0.25) is 10.2 Å². The lowest BCUT2D eigenvalue weighted by Crippen LogP contribution is -2.37. The van der Waals surface area contributed by atoms with Crippen molar-refractivity contribution in [3.63, 3.8) is 0 Å². The summed E-state index contributed by atoms with van der Waals surface area (Å²) >= 11 is 0. The molecule has 1 N–H and O–H groups in total. The second kappa shape index (κ2) is 9.06. The third-order valence-electron chi connectivity index (χ3n) is 6.73. The van der Waals surface area contributed by atoms with Gasteiger partial charge in [0.25, 0.3) is 5.91 Å². The molecule has 3 aliphatic heterocycles. The minimum Gasteiger partial charge on any atom is -0.378 e. The summed E-state index contributed by atoms with van der Waals surface area (Å²) in [7, 11) is 0. The standard InChI is InChI=1S/C27H31N5O2/c1-4-5-20-15-22(7-9-25(20)30-10-12-34-13-11-30)32-17-21(29-27(32)28)16-31-19(3)23-8-6-18(2)14-24(23)26(31)33/h6-9,14-15,28H,3-5,10-13,16-17H2,1-2H3. The molecular weight excluding hydrogens is 426 g/mol. The van der Waals surface area contributed by atoms with Crippen molar-refractivity contribution >= 4 is 34.7 Å². The monoisotopic (exact) mass is 457 g/mol. The van der Waals surface area contributed by atoms with Gasteiger partial charge in [0.1, 0.15) is 0 Å². The first-order valence-electron chi connectivity index (χ1n) is 12.0. The van der Waals surface area contributed by atoms with Gasteiger partial charge in [0.2, 0.25) is 5.96 Å². The summed E-state index contributed by atoms with van der Waals surface area (Å²) < 4.78 is 5.52. The molecule has 3 heterocycles. The summed E-state index contributed by atoms with van der Waals surface area (Å²) in [6, 6.07) is 12.3. The van der Waals surface area contributed by atoms with Crippen LogP contribution < -0.4 is 9.80 Å². The Hall–Kier alpha value is -3.45. The molecule has 0 spiro atoms. The van der Waals surface area contributed by atoms with Gasteiger partial charge < -0.3 is 19.4 Å². The molecule has 7 nitrogen and oxygen atoms in total. The number of rotatable bonds is 6. The molecule has 1 amide bonds. The van der Waals surface area contributed by atoms with E-state index in [0.717, 1.165) is 61.7 Å². The van der Waals surface area contributed by atoms with Crippen molar-refractivity contribution in [2.45, 2.75) is 26.7 Å². The summed E-state index contributed by atoms with van der Waals surface area (Å²) in [5.74, 6) is 0.165. The molecule has 176 valence electrons. The Morgan fingerprint density at radius 1 is 1.12 bits per heavy atom. The van der Waals surface area contributed by atoms with Gasteiger partial charge in [0, 0.05) is 41.3 Å². The normalized spacial score (nSPS) is 18.1. The molecule has 3 aliphatic rings. The van der Waals surface area contributed by atoms with Gasteiger partial charge in [0.05, 0.1) is 32.0 Å². The zero-order valence-electron chi connectivity index (χ0n) is 19.9. The largest absolute Gasteiger partial charge is 0.378 e. The molecule has 7 heteroatoms. The molecule has 2 aromatic rings. The Balaban J connectivity index is 1.33. The van der Waals surface area contributed by atoms with Crippen LogP contribution in [-0.4, -0.2) is 61.9 Å². The highest BCUT2D eigenvalue weighted by atomic mass is 16.5. The molecule has 1 fully saturated rings. The Bertz CT molecular complexity index is 1200. The van der Waals surface area contributed by atoms with Crippen LogP contribution in [0.4, 0.5) is 11.4 Å². The Morgan fingerprint density at radius 3 is 2.68 bits per heavy atom. The SMILES string of the molecule is C=C1c2ccc(C)cc2C(=O)N1CC1=NC(=N)N(c2ccc(N3CCOCC3)c(CCC)c2)C1. The lowest BCUT2D eigenvalue weighted by Gasteiger charge is -2.31. The van der Waals surface area contributed by atoms with Gasteiger partial charge in [0.15, 0.2) is 0 Å². The number of anilines is 2. The topological polar surface area (TPSA) is 72.2 Å². The molecule has 0 radical (unpaired) electrons. The first-order chi connectivity index (χ1) is 16.5. The van der Waals surface area contributed by atoms with Crippen LogP contribution in [0.15, 0.2) is 48.0 Å². The van der Waals surface area contributed by atoms with Crippen LogP contribution in [-0.2, 0) is 11.2 Å². The zero-order chi connectivity index (χ0) is 23.8. The second-order valence-electron chi connectivity index (χ2n) is 9.14. The van der Waals surface area contributed by atoms with E-state index in [0.29, 0.717) is 24.4 Å². The number of guanidine groups is 1. The van der Waals surface area contributed by atoms with Crippen LogP contribution in [0, 0.1) is 12.3 Å². The maximum absolute atomic E-state index is 13.0. The number of hydrogen-bond acceptors (Lipinski definition) is 4. The number of hydrogen-bond donors (Lipinski definition) is 1. The van der Waals surface area contributed by atoms with Gasteiger partial charge in [-0.25, -0.2) is 4.99 Å². The van der Waals surface area contributed by atoms with Gasteiger partial charge in [-0.05, 0) is 43.2 Å².